The monoisotopic (exact) mass is 480 g/mol. The van der Waals surface area contributed by atoms with Gasteiger partial charge in [0.1, 0.15) is 0 Å². The van der Waals surface area contributed by atoms with Gasteiger partial charge in [-0.2, -0.15) is 0 Å². The molecule has 4 heteroatoms. The van der Waals surface area contributed by atoms with Gasteiger partial charge in [0.25, 0.3) is 0 Å². The summed E-state index contributed by atoms with van der Waals surface area (Å²) < 4.78 is 0. The fourth-order valence-electron chi connectivity index (χ4n) is 9.77. The van der Waals surface area contributed by atoms with Gasteiger partial charge in [0.2, 0.25) is 0 Å². The van der Waals surface area contributed by atoms with E-state index in [9.17, 15) is 20.1 Å². The van der Waals surface area contributed by atoms with Crippen molar-refractivity contribution in [2.24, 2.45) is 27.6 Å². The average Bonchev–Trinajstić information content (AvgIpc) is 2.80. The number of carboxylic acid groups (broad SMARTS) is 1. The van der Waals surface area contributed by atoms with E-state index in [4.69, 9.17) is 0 Å². The minimum atomic E-state index is -0.646. The van der Waals surface area contributed by atoms with E-state index in [0.717, 1.165) is 62.5 Å². The Labute approximate surface area is 210 Å². The Bertz CT molecular complexity index is 1140. The molecule has 0 saturated heterocycles. The Morgan fingerprint density at radius 3 is 2.31 bits per heavy atom. The van der Waals surface area contributed by atoms with Gasteiger partial charge in [-0.25, -0.2) is 0 Å². The number of hydrogen-bond donors (Lipinski definition) is 3. The first-order valence-electron chi connectivity index (χ1n) is 13.7. The van der Waals surface area contributed by atoms with E-state index in [1.54, 1.807) is 0 Å². The minimum absolute atomic E-state index is 0.00423. The summed E-state index contributed by atoms with van der Waals surface area (Å²) in [5.41, 5.74) is 4.02. The van der Waals surface area contributed by atoms with Gasteiger partial charge in [-0.1, -0.05) is 46.3 Å². The maximum Gasteiger partial charge on any atom is 0.309 e. The summed E-state index contributed by atoms with van der Waals surface area (Å²) in [5.74, 6) is -0.110. The second kappa shape index (κ2) is 7.29. The van der Waals surface area contributed by atoms with Crippen LogP contribution in [0.25, 0.3) is 0 Å². The molecule has 0 aliphatic heterocycles. The molecule has 4 nitrogen and oxygen atoms in total. The topological polar surface area (TPSA) is 77.8 Å². The van der Waals surface area contributed by atoms with E-state index >= 15 is 0 Å². The number of carbonyl (C=O) groups is 1. The summed E-state index contributed by atoms with van der Waals surface area (Å²) in [4.78, 5) is 12.4. The van der Waals surface area contributed by atoms with Crippen molar-refractivity contribution in [2.45, 2.75) is 111 Å². The Kier molecular flexibility index (Phi) is 5.15. The van der Waals surface area contributed by atoms with Crippen molar-refractivity contribution in [3.63, 3.8) is 0 Å². The van der Waals surface area contributed by atoms with Crippen LogP contribution in [-0.4, -0.2) is 21.3 Å². The first-order chi connectivity index (χ1) is 16.2. The predicted octanol–water partition coefficient (Wildman–Crippen LogP) is 7.60. The maximum atomic E-state index is 12.4. The molecule has 0 spiro atoms. The van der Waals surface area contributed by atoms with E-state index in [-0.39, 0.29) is 39.1 Å². The van der Waals surface area contributed by atoms with Gasteiger partial charge in [-0.3, -0.25) is 4.79 Å². The molecule has 1 unspecified atom stereocenters. The van der Waals surface area contributed by atoms with Crippen LogP contribution in [0, 0.1) is 34.5 Å². The first-order valence-corrected chi connectivity index (χ1v) is 13.7. The lowest BCUT2D eigenvalue weighted by Gasteiger charge is -2.71. The average molecular weight is 481 g/mol. The standard InChI is InChI=1S/C31H44O4/c1-8-31-14-12-29(6)20-16-21(32)25(33)19(3)24(20)18(2)15-22(29)30(31,7)13-11-27(4)9-10-28(5,26(34)35)17-23(27)31/h15-16,18,23,32-33H,8-14,17H2,1-7H3,(H,34,35)/t18?,23-,27-,28-,29+,30-,31+/m1/s1. The van der Waals surface area contributed by atoms with Crippen LogP contribution in [0.4, 0.5) is 0 Å². The van der Waals surface area contributed by atoms with Gasteiger partial charge in [-0.15, -0.1) is 0 Å². The number of phenolic OH excluding ortho intramolecular Hbond substituents is 2. The third-order valence-corrected chi connectivity index (χ3v) is 12.2. The third kappa shape index (κ3) is 2.89. The third-order valence-electron chi connectivity index (χ3n) is 12.2. The van der Waals surface area contributed by atoms with Crippen molar-refractivity contribution in [1.29, 1.82) is 0 Å². The van der Waals surface area contributed by atoms with Crippen LogP contribution in [-0.2, 0) is 10.2 Å². The number of carboxylic acids is 1. The van der Waals surface area contributed by atoms with E-state index in [2.05, 4.69) is 40.7 Å². The second-order valence-electron chi connectivity index (χ2n) is 13.7. The summed E-state index contributed by atoms with van der Waals surface area (Å²) in [7, 11) is 0. The minimum Gasteiger partial charge on any atom is -0.504 e. The quantitative estimate of drug-likeness (QED) is 0.301. The molecule has 1 aromatic carbocycles. The second-order valence-corrected chi connectivity index (χ2v) is 13.7. The molecule has 1 aromatic rings. The fraction of sp³-hybridized carbons (Fsp3) is 0.710. The molecule has 0 heterocycles. The van der Waals surface area contributed by atoms with E-state index < -0.39 is 11.4 Å². The van der Waals surface area contributed by atoms with Crippen LogP contribution < -0.4 is 0 Å². The lowest BCUT2D eigenvalue weighted by atomic mass is 9.33. The summed E-state index contributed by atoms with van der Waals surface area (Å²) in [5, 5.41) is 31.3. The Balaban J connectivity index is 1.69. The molecule has 192 valence electrons. The first kappa shape index (κ1) is 24.7. The number of phenols is 2. The number of benzene rings is 1. The van der Waals surface area contributed by atoms with Gasteiger partial charge in [0.05, 0.1) is 5.41 Å². The highest BCUT2D eigenvalue weighted by Crippen LogP contribution is 2.76. The summed E-state index contributed by atoms with van der Waals surface area (Å²) in [6.07, 6.45) is 10.4. The highest BCUT2D eigenvalue weighted by Gasteiger charge is 2.68. The predicted molar refractivity (Wildman–Crippen MR) is 139 cm³/mol. The Morgan fingerprint density at radius 2 is 1.69 bits per heavy atom. The molecule has 3 fully saturated rings. The highest BCUT2D eigenvalue weighted by atomic mass is 16.4. The molecule has 4 aliphatic rings. The van der Waals surface area contributed by atoms with E-state index in [0.29, 0.717) is 5.92 Å². The zero-order valence-corrected chi connectivity index (χ0v) is 22.7. The number of hydrogen-bond acceptors (Lipinski definition) is 3. The molecule has 0 bridgehead atoms. The van der Waals surface area contributed by atoms with Crippen LogP contribution in [0.3, 0.4) is 0 Å². The lowest BCUT2D eigenvalue weighted by molar-refractivity contribution is -0.183. The zero-order chi connectivity index (χ0) is 25.8. The van der Waals surface area contributed by atoms with Crippen molar-refractivity contribution in [1.82, 2.24) is 0 Å². The van der Waals surface area contributed by atoms with Crippen molar-refractivity contribution >= 4 is 5.97 Å². The molecule has 7 atom stereocenters. The summed E-state index contributed by atoms with van der Waals surface area (Å²) in [6.45, 7) is 15.7. The highest BCUT2D eigenvalue weighted by molar-refractivity contribution is 5.74. The SMILES string of the molecule is CC[C@@]12CC[C@]3(C)C(=CC(C)c4c3cc(O)c(O)c4C)[C@@]1(C)CC[C@@]1(C)CC[C@@](C)(C(=O)O)C[C@H]12. The van der Waals surface area contributed by atoms with Crippen LogP contribution in [0.2, 0.25) is 0 Å². The summed E-state index contributed by atoms with van der Waals surface area (Å²) in [6, 6.07) is 1.83. The maximum absolute atomic E-state index is 12.4. The van der Waals surface area contributed by atoms with Crippen molar-refractivity contribution in [3.05, 3.63) is 34.4 Å². The van der Waals surface area contributed by atoms with Crippen molar-refractivity contribution in [3.8, 4) is 11.5 Å². The molecule has 35 heavy (non-hydrogen) atoms. The van der Waals surface area contributed by atoms with Crippen molar-refractivity contribution in [2.75, 3.05) is 0 Å². The van der Waals surface area contributed by atoms with Gasteiger partial charge in [0.15, 0.2) is 11.5 Å². The molecule has 5 rings (SSSR count). The number of fused-ring (bicyclic) bond motifs is 7. The fourth-order valence-corrected chi connectivity index (χ4v) is 9.77. The van der Waals surface area contributed by atoms with Crippen molar-refractivity contribution < 1.29 is 20.1 Å². The molecule has 0 radical (unpaired) electrons. The molecular weight excluding hydrogens is 436 g/mol. The van der Waals surface area contributed by atoms with E-state index in [1.165, 1.54) is 11.1 Å². The molecule has 0 amide bonds. The zero-order valence-electron chi connectivity index (χ0n) is 22.7. The van der Waals surface area contributed by atoms with Crippen LogP contribution in [0.1, 0.15) is 116 Å². The Hall–Kier alpha value is -1.97. The summed E-state index contributed by atoms with van der Waals surface area (Å²) >= 11 is 0. The van der Waals surface area contributed by atoms with Crippen LogP contribution in [0.15, 0.2) is 17.7 Å². The molecule has 4 aliphatic carbocycles. The number of rotatable bonds is 2. The lowest BCUT2D eigenvalue weighted by Crippen LogP contribution is -2.63. The van der Waals surface area contributed by atoms with Gasteiger partial charge >= 0.3 is 5.97 Å². The smallest absolute Gasteiger partial charge is 0.309 e. The normalized spacial score (nSPS) is 44.4. The number of allylic oxidation sites excluding steroid dienone is 2. The van der Waals surface area contributed by atoms with Crippen LogP contribution in [0.5, 0.6) is 11.5 Å². The Morgan fingerprint density at radius 1 is 1.03 bits per heavy atom. The van der Waals surface area contributed by atoms with Gasteiger partial charge in [0, 0.05) is 5.41 Å². The number of aromatic hydroxyl groups is 2. The molecular formula is C31H44O4. The molecule has 0 aromatic heterocycles. The van der Waals surface area contributed by atoms with Crippen LogP contribution >= 0.6 is 0 Å². The van der Waals surface area contributed by atoms with Gasteiger partial charge < -0.3 is 15.3 Å². The largest absolute Gasteiger partial charge is 0.504 e. The molecule has 3 saturated carbocycles. The van der Waals surface area contributed by atoms with Gasteiger partial charge in [-0.05, 0) is 116 Å². The van der Waals surface area contributed by atoms with E-state index in [1.807, 2.05) is 19.9 Å². The molecule has 3 N–H and O–H groups in total. The number of aliphatic carboxylic acids is 1.